The molecule has 1 fully saturated rings. The van der Waals surface area contributed by atoms with Crippen LogP contribution in [0.1, 0.15) is 81.6 Å². The Morgan fingerprint density at radius 3 is 1.57 bits per heavy atom. The molecule has 1 rings (SSSR count). The molecule has 126 valence electrons. The molecule has 21 heavy (non-hydrogen) atoms. The molecule has 0 heterocycles. The quantitative estimate of drug-likeness (QED) is 0.415. The minimum atomic E-state index is -0.846. The minimum Gasteiger partial charge on any atom is -0.228 e. The summed E-state index contributed by atoms with van der Waals surface area (Å²) in [6, 6.07) is 0. The van der Waals surface area contributed by atoms with Crippen molar-refractivity contribution in [3.63, 3.8) is 0 Å². The van der Waals surface area contributed by atoms with Crippen LogP contribution < -0.4 is 0 Å². The summed E-state index contributed by atoms with van der Waals surface area (Å²) >= 11 is 0. The highest BCUT2D eigenvalue weighted by molar-refractivity contribution is 4.88. The second-order valence-electron chi connectivity index (χ2n) is 9.32. The molecule has 0 aliphatic heterocycles. The predicted octanol–water partition coefficient (Wildman–Crippen LogP) is 5.02. The molecule has 0 N–H and O–H groups in total. The summed E-state index contributed by atoms with van der Waals surface area (Å²) in [4.78, 5) is 22.7. The molecule has 1 atom stereocenters. The third-order valence-electron chi connectivity index (χ3n) is 3.20. The minimum absolute atomic E-state index is 0.125. The molecule has 1 saturated carbocycles. The van der Waals surface area contributed by atoms with E-state index in [0.29, 0.717) is 5.92 Å². The molecule has 1 aliphatic rings. The molecular formula is C17H34O4. The fourth-order valence-electron chi connectivity index (χ4n) is 2.96. The topological polar surface area (TPSA) is 36.9 Å². The van der Waals surface area contributed by atoms with Crippen molar-refractivity contribution in [1.29, 1.82) is 0 Å². The Kier molecular flexibility index (Phi) is 5.53. The zero-order chi connectivity index (χ0) is 16.5. The van der Waals surface area contributed by atoms with Gasteiger partial charge in [-0.1, -0.05) is 20.8 Å². The lowest BCUT2D eigenvalue weighted by molar-refractivity contribution is -0.551. The third-order valence-corrected chi connectivity index (χ3v) is 3.20. The number of rotatable bonds is 4. The molecule has 1 aliphatic carbocycles. The fourth-order valence-corrected chi connectivity index (χ4v) is 2.96. The summed E-state index contributed by atoms with van der Waals surface area (Å²) in [7, 11) is 0. The third kappa shape index (κ3) is 7.09. The van der Waals surface area contributed by atoms with Gasteiger partial charge in [0.25, 0.3) is 0 Å². The average molecular weight is 302 g/mol. The smallest absolute Gasteiger partial charge is 0.228 e. The zero-order valence-corrected chi connectivity index (χ0v) is 15.3. The largest absolute Gasteiger partial charge is 0.234 e. The summed E-state index contributed by atoms with van der Waals surface area (Å²) in [5.41, 5.74) is -0.647. The average Bonchev–Trinajstić information content (AvgIpc) is 2.19. The molecule has 0 radical (unpaired) electrons. The monoisotopic (exact) mass is 302 g/mol. The summed E-state index contributed by atoms with van der Waals surface area (Å²) in [5, 5.41) is 0. The van der Waals surface area contributed by atoms with Crippen LogP contribution in [-0.2, 0) is 19.6 Å². The van der Waals surface area contributed by atoms with Gasteiger partial charge in [-0.3, -0.25) is 0 Å². The summed E-state index contributed by atoms with van der Waals surface area (Å²) in [5.74, 6) is -0.359. The van der Waals surface area contributed by atoms with Crippen LogP contribution in [0.5, 0.6) is 0 Å². The second-order valence-corrected chi connectivity index (χ2v) is 9.32. The molecule has 0 bridgehead atoms. The van der Waals surface area contributed by atoms with E-state index in [1.54, 1.807) is 0 Å². The molecule has 4 nitrogen and oxygen atoms in total. The molecule has 0 amide bonds. The van der Waals surface area contributed by atoms with Crippen molar-refractivity contribution in [3.05, 3.63) is 0 Å². The van der Waals surface area contributed by atoms with Crippen LogP contribution in [0.2, 0.25) is 0 Å². The number of hydrogen-bond donors (Lipinski definition) is 0. The van der Waals surface area contributed by atoms with Crippen LogP contribution in [-0.4, -0.2) is 17.0 Å². The summed E-state index contributed by atoms with van der Waals surface area (Å²) in [6.45, 7) is 18.5. The summed E-state index contributed by atoms with van der Waals surface area (Å²) < 4.78 is 0. The Morgan fingerprint density at radius 1 is 0.810 bits per heavy atom. The maximum atomic E-state index is 5.79. The van der Waals surface area contributed by atoms with Crippen molar-refractivity contribution in [1.82, 2.24) is 0 Å². The van der Waals surface area contributed by atoms with Crippen molar-refractivity contribution in [2.24, 2.45) is 11.3 Å². The van der Waals surface area contributed by atoms with Gasteiger partial charge in [0.1, 0.15) is 0 Å². The molecule has 0 aromatic heterocycles. The van der Waals surface area contributed by atoms with Gasteiger partial charge >= 0.3 is 0 Å². The lowest BCUT2D eigenvalue weighted by atomic mass is 9.70. The molecule has 4 heteroatoms. The van der Waals surface area contributed by atoms with Crippen molar-refractivity contribution in [2.45, 2.75) is 98.6 Å². The van der Waals surface area contributed by atoms with Gasteiger partial charge < -0.3 is 0 Å². The van der Waals surface area contributed by atoms with Crippen LogP contribution in [0.25, 0.3) is 0 Å². The van der Waals surface area contributed by atoms with Gasteiger partial charge in [0.15, 0.2) is 0 Å². The van der Waals surface area contributed by atoms with Crippen LogP contribution in [0.4, 0.5) is 0 Å². The SMILES string of the molecule is C[C@H]1CC(C)(C)CC(OOC(C)(C)C)(OOC(C)(C)C)C1. The van der Waals surface area contributed by atoms with E-state index in [1.165, 1.54) is 0 Å². The Bertz CT molecular complexity index is 318. The highest BCUT2D eigenvalue weighted by Gasteiger charge is 2.48. The van der Waals surface area contributed by atoms with Crippen LogP contribution in [0.3, 0.4) is 0 Å². The van der Waals surface area contributed by atoms with Crippen molar-refractivity contribution in [2.75, 3.05) is 0 Å². The Morgan fingerprint density at radius 2 is 1.24 bits per heavy atom. The lowest BCUT2D eigenvalue weighted by Crippen LogP contribution is -2.48. The first-order valence-corrected chi connectivity index (χ1v) is 7.96. The van der Waals surface area contributed by atoms with Crippen molar-refractivity contribution in [3.8, 4) is 0 Å². The van der Waals surface area contributed by atoms with E-state index in [1.807, 2.05) is 41.5 Å². The van der Waals surface area contributed by atoms with E-state index >= 15 is 0 Å². The maximum Gasteiger partial charge on any atom is 0.234 e. The van der Waals surface area contributed by atoms with Gasteiger partial charge in [-0.25, -0.2) is 9.78 Å². The van der Waals surface area contributed by atoms with Gasteiger partial charge in [0, 0.05) is 12.8 Å². The highest BCUT2D eigenvalue weighted by atomic mass is 17.3. The number of hydrogen-bond acceptors (Lipinski definition) is 4. The van der Waals surface area contributed by atoms with Crippen LogP contribution in [0.15, 0.2) is 0 Å². The molecule has 0 saturated heterocycles. The predicted molar refractivity (Wildman–Crippen MR) is 83.4 cm³/mol. The van der Waals surface area contributed by atoms with E-state index in [0.717, 1.165) is 19.3 Å². The van der Waals surface area contributed by atoms with E-state index < -0.39 is 5.79 Å². The van der Waals surface area contributed by atoms with Crippen molar-refractivity contribution >= 4 is 0 Å². The first-order chi connectivity index (χ1) is 9.22. The molecule has 0 spiro atoms. The fraction of sp³-hybridized carbons (Fsp3) is 1.00. The van der Waals surface area contributed by atoms with Gasteiger partial charge in [0.2, 0.25) is 5.79 Å². The van der Waals surface area contributed by atoms with Gasteiger partial charge in [-0.2, -0.15) is 9.78 Å². The van der Waals surface area contributed by atoms with Crippen molar-refractivity contribution < 1.29 is 19.6 Å². The van der Waals surface area contributed by atoms with E-state index in [4.69, 9.17) is 19.6 Å². The van der Waals surface area contributed by atoms with Crippen LogP contribution in [0, 0.1) is 11.3 Å². The highest BCUT2D eigenvalue weighted by Crippen LogP contribution is 2.47. The maximum absolute atomic E-state index is 5.79. The standard InChI is InChI=1S/C17H34O4/c1-13-10-16(8,9)12-17(11-13,20-18-14(2,3)4)21-19-15(5,6)7/h13H,10-12H2,1-9H3/t13-/m0/s1. The Balaban J connectivity index is 2.87. The summed E-state index contributed by atoms with van der Waals surface area (Å²) in [6.07, 6.45) is 2.66. The first kappa shape index (κ1) is 18.9. The molecular weight excluding hydrogens is 268 g/mol. The van der Waals surface area contributed by atoms with E-state index in [2.05, 4.69) is 20.8 Å². The van der Waals surface area contributed by atoms with Crippen LogP contribution >= 0.6 is 0 Å². The second kappa shape index (κ2) is 6.15. The van der Waals surface area contributed by atoms with Gasteiger partial charge in [-0.15, -0.1) is 0 Å². The zero-order valence-electron chi connectivity index (χ0n) is 15.3. The van der Waals surface area contributed by atoms with E-state index in [-0.39, 0.29) is 16.6 Å². The molecule has 0 aromatic rings. The Labute approximate surface area is 130 Å². The van der Waals surface area contributed by atoms with Gasteiger partial charge in [0.05, 0.1) is 11.2 Å². The lowest BCUT2D eigenvalue weighted by Gasteiger charge is -2.46. The Hall–Kier alpha value is -0.160. The molecule has 0 unspecified atom stereocenters. The van der Waals surface area contributed by atoms with E-state index in [9.17, 15) is 0 Å². The molecule has 0 aromatic carbocycles. The van der Waals surface area contributed by atoms with Gasteiger partial charge in [-0.05, 0) is 59.3 Å². The normalized spacial score (nSPS) is 25.9. The first-order valence-electron chi connectivity index (χ1n) is 7.96.